The maximum Gasteiger partial charge on any atom is 0.573 e. The van der Waals surface area contributed by atoms with Crippen molar-refractivity contribution in [2.24, 2.45) is 5.73 Å². The fraction of sp³-hybridized carbons (Fsp3) is 0.273. The van der Waals surface area contributed by atoms with E-state index in [2.05, 4.69) is 15.0 Å². The van der Waals surface area contributed by atoms with Crippen molar-refractivity contribution >= 4 is 0 Å². The molecule has 19 heavy (non-hydrogen) atoms. The number of nitrogens with zero attached hydrogens (tertiary/aromatic N) is 3. The summed E-state index contributed by atoms with van der Waals surface area (Å²) in [7, 11) is 0. The predicted octanol–water partition coefficient (Wildman–Crippen LogP) is 1.68. The minimum atomic E-state index is -4.72. The summed E-state index contributed by atoms with van der Waals surface area (Å²) in [6, 6.07) is 5.88. The monoisotopic (exact) mass is 272 g/mol. The van der Waals surface area contributed by atoms with Crippen molar-refractivity contribution in [2.75, 3.05) is 0 Å². The van der Waals surface area contributed by atoms with Crippen LogP contribution in [0.1, 0.15) is 11.3 Å². The van der Waals surface area contributed by atoms with E-state index in [9.17, 15) is 13.2 Å². The quantitative estimate of drug-likeness (QED) is 0.919. The highest BCUT2D eigenvalue weighted by Gasteiger charge is 2.32. The van der Waals surface area contributed by atoms with E-state index in [1.54, 1.807) is 12.3 Å². The van der Waals surface area contributed by atoms with E-state index in [1.165, 1.54) is 22.9 Å². The van der Waals surface area contributed by atoms with Gasteiger partial charge in [0.25, 0.3) is 0 Å². The van der Waals surface area contributed by atoms with Gasteiger partial charge >= 0.3 is 6.36 Å². The molecule has 1 aromatic carbocycles. The fourth-order valence-corrected chi connectivity index (χ4v) is 1.54. The van der Waals surface area contributed by atoms with Crippen molar-refractivity contribution in [1.29, 1.82) is 0 Å². The average molecular weight is 272 g/mol. The molecule has 0 aliphatic carbocycles. The lowest BCUT2D eigenvalue weighted by Gasteiger charge is -2.12. The molecule has 2 rings (SSSR count). The summed E-state index contributed by atoms with van der Waals surface area (Å²) in [4.78, 5) is 0. The first-order valence-corrected chi connectivity index (χ1v) is 5.40. The summed E-state index contributed by atoms with van der Waals surface area (Å²) < 4.78 is 42.1. The number of halogens is 3. The molecule has 0 fully saturated rings. The van der Waals surface area contributed by atoms with Gasteiger partial charge in [0, 0.05) is 12.1 Å². The lowest BCUT2D eigenvalue weighted by Crippen LogP contribution is -2.18. The normalized spacial score (nSPS) is 11.6. The van der Waals surface area contributed by atoms with Crippen LogP contribution >= 0.6 is 0 Å². The lowest BCUT2D eigenvalue weighted by molar-refractivity contribution is -0.274. The molecule has 0 bridgehead atoms. The molecule has 1 heterocycles. The highest BCUT2D eigenvalue weighted by molar-refractivity contribution is 5.33. The van der Waals surface area contributed by atoms with Crippen LogP contribution in [0.25, 0.3) is 0 Å². The van der Waals surface area contributed by atoms with Crippen molar-refractivity contribution in [3.05, 3.63) is 41.7 Å². The van der Waals surface area contributed by atoms with Crippen molar-refractivity contribution in [1.82, 2.24) is 15.0 Å². The van der Waals surface area contributed by atoms with E-state index in [1.807, 2.05) is 0 Å². The Morgan fingerprint density at radius 1 is 1.26 bits per heavy atom. The largest absolute Gasteiger partial charge is 0.573 e. The molecule has 5 nitrogen and oxygen atoms in total. The number of ether oxygens (including phenoxy) is 1. The number of nitrogens with two attached hydrogens (primary N) is 1. The Hall–Kier alpha value is -2.09. The highest BCUT2D eigenvalue weighted by atomic mass is 19.4. The second kappa shape index (κ2) is 5.27. The molecular weight excluding hydrogens is 261 g/mol. The molecule has 2 N–H and O–H groups in total. The van der Waals surface area contributed by atoms with E-state index in [-0.39, 0.29) is 18.8 Å². The van der Waals surface area contributed by atoms with Gasteiger partial charge in [-0.2, -0.15) is 0 Å². The van der Waals surface area contributed by atoms with Crippen LogP contribution in [0.5, 0.6) is 5.75 Å². The summed E-state index contributed by atoms with van der Waals surface area (Å²) >= 11 is 0. The zero-order chi connectivity index (χ0) is 13.9. The Labute approximate surface area is 106 Å². The smallest absolute Gasteiger partial charge is 0.405 e. The van der Waals surface area contributed by atoms with Crippen LogP contribution in [0, 0.1) is 0 Å². The van der Waals surface area contributed by atoms with E-state index in [4.69, 9.17) is 5.73 Å². The van der Waals surface area contributed by atoms with Gasteiger partial charge in [0.05, 0.1) is 18.4 Å². The number of hydrogen-bond acceptors (Lipinski definition) is 4. The zero-order valence-electron chi connectivity index (χ0n) is 9.76. The molecular formula is C11H11F3N4O. The van der Waals surface area contributed by atoms with E-state index >= 15 is 0 Å². The fourth-order valence-electron chi connectivity index (χ4n) is 1.54. The standard InChI is InChI=1S/C11H11F3N4O/c12-11(13,14)19-10-4-2-1-3-8(10)6-18-7-9(5-15)16-17-18/h1-4,7H,5-6,15H2. The van der Waals surface area contributed by atoms with E-state index < -0.39 is 6.36 Å². The molecule has 0 amide bonds. The number of aromatic nitrogens is 3. The summed E-state index contributed by atoms with van der Waals surface area (Å²) in [6.07, 6.45) is -3.15. The Morgan fingerprint density at radius 3 is 2.63 bits per heavy atom. The van der Waals surface area contributed by atoms with Gasteiger partial charge in [-0.05, 0) is 6.07 Å². The minimum absolute atomic E-state index is 0.124. The van der Waals surface area contributed by atoms with E-state index in [0.717, 1.165) is 0 Å². The summed E-state index contributed by atoms with van der Waals surface area (Å²) in [5, 5.41) is 7.53. The van der Waals surface area contributed by atoms with Crippen molar-refractivity contribution in [3.8, 4) is 5.75 Å². The van der Waals surface area contributed by atoms with Gasteiger partial charge in [-0.25, -0.2) is 4.68 Å². The maximum absolute atomic E-state index is 12.2. The summed E-state index contributed by atoms with van der Waals surface area (Å²) in [5.41, 5.74) is 6.30. The van der Waals surface area contributed by atoms with Gasteiger partial charge in [0.2, 0.25) is 0 Å². The predicted molar refractivity (Wildman–Crippen MR) is 60.1 cm³/mol. The molecule has 0 aliphatic heterocycles. The molecule has 2 aromatic rings. The summed E-state index contributed by atoms with van der Waals surface area (Å²) in [6.45, 7) is 0.347. The highest BCUT2D eigenvalue weighted by Crippen LogP contribution is 2.26. The van der Waals surface area contributed by atoms with Crippen LogP contribution in [-0.4, -0.2) is 21.4 Å². The van der Waals surface area contributed by atoms with Crippen LogP contribution in [0.2, 0.25) is 0 Å². The van der Waals surface area contributed by atoms with Crippen LogP contribution in [0.15, 0.2) is 30.5 Å². The first kappa shape index (κ1) is 13.3. The topological polar surface area (TPSA) is 66.0 Å². The van der Waals surface area contributed by atoms with E-state index in [0.29, 0.717) is 11.3 Å². The molecule has 0 unspecified atom stereocenters. The molecule has 0 aliphatic rings. The number of para-hydroxylation sites is 1. The Morgan fingerprint density at radius 2 is 2.00 bits per heavy atom. The molecule has 1 aromatic heterocycles. The first-order valence-electron chi connectivity index (χ1n) is 5.40. The second-order valence-corrected chi connectivity index (χ2v) is 3.77. The molecule has 0 spiro atoms. The molecule has 0 atom stereocenters. The Balaban J connectivity index is 2.20. The molecule has 8 heteroatoms. The molecule has 102 valence electrons. The van der Waals surface area contributed by atoms with Crippen LogP contribution < -0.4 is 10.5 Å². The van der Waals surface area contributed by atoms with Gasteiger partial charge < -0.3 is 10.5 Å². The first-order chi connectivity index (χ1) is 8.98. The van der Waals surface area contributed by atoms with Gasteiger partial charge in [-0.15, -0.1) is 18.3 Å². The third kappa shape index (κ3) is 3.68. The number of alkyl halides is 3. The van der Waals surface area contributed by atoms with Crippen molar-refractivity contribution < 1.29 is 17.9 Å². The Kier molecular flexibility index (Phi) is 3.70. The van der Waals surface area contributed by atoms with Gasteiger partial charge in [-0.1, -0.05) is 23.4 Å². The zero-order valence-corrected chi connectivity index (χ0v) is 9.76. The van der Waals surface area contributed by atoms with Crippen LogP contribution in [-0.2, 0) is 13.1 Å². The maximum atomic E-state index is 12.2. The van der Waals surface area contributed by atoms with Gasteiger partial charge in [-0.3, -0.25) is 0 Å². The molecule has 0 saturated carbocycles. The molecule has 0 radical (unpaired) electrons. The summed E-state index contributed by atoms with van der Waals surface area (Å²) in [5.74, 6) is -0.250. The van der Waals surface area contributed by atoms with Crippen molar-refractivity contribution in [2.45, 2.75) is 19.5 Å². The minimum Gasteiger partial charge on any atom is -0.405 e. The average Bonchev–Trinajstić information content (AvgIpc) is 2.78. The third-order valence-electron chi connectivity index (χ3n) is 2.33. The SMILES string of the molecule is NCc1cn(Cc2ccccc2OC(F)(F)F)nn1. The Bertz CT molecular complexity index is 553. The lowest BCUT2D eigenvalue weighted by atomic mass is 10.2. The number of rotatable bonds is 4. The van der Waals surface area contributed by atoms with Crippen molar-refractivity contribution in [3.63, 3.8) is 0 Å². The van der Waals surface area contributed by atoms with Gasteiger partial charge in [0.15, 0.2) is 0 Å². The van der Waals surface area contributed by atoms with Gasteiger partial charge in [0.1, 0.15) is 5.75 Å². The second-order valence-electron chi connectivity index (χ2n) is 3.77. The number of benzene rings is 1. The number of hydrogen-bond donors (Lipinski definition) is 1. The van der Waals surface area contributed by atoms with Crippen LogP contribution in [0.4, 0.5) is 13.2 Å². The third-order valence-corrected chi connectivity index (χ3v) is 2.33. The molecule has 0 saturated heterocycles. The van der Waals surface area contributed by atoms with Crippen LogP contribution in [0.3, 0.4) is 0 Å².